The lowest BCUT2D eigenvalue weighted by atomic mass is 10.6. The quantitative estimate of drug-likeness (QED) is 0.315. The number of methoxy groups -OCH3 is 2. The third kappa shape index (κ3) is 3.40. The maximum atomic E-state index is 10.3. The summed E-state index contributed by atoms with van der Waals surface area (Å²) in [6, 6.07) is 0. The molecule has 0 heterocycles. The summed E-state index contributed by atoms with van der Waals surface area (Å²) in [5.74, 6) is -0.476. The van der Waals surface area contributed by atoms with E-state index in [0.29, 0.717) is 0 Å². The van der Waals surface area contributed by atoms with E-state index in [1.54, 1.807) is 0 Å². The lowest BCUT2D eigenvalue weighted by molar-refractivity contribution is -0.135. The van der Waals surface area contributed by atoms with Crippen molar-refractivity contribution in [3.05, 3.63) is 12.0 Å². The lowest BCUT2D eigenvalue weighted by Crippen LogP contribution is -2.04. The van der Waals surface area contributed by atoms with Crippen LogP contribution in [0.25, 0.3) is 0 Å². The van der Waals surface area contributed by atoms with Crippen LogP contribution in [0.4, 0.5) is 0 Å². The summed E-state index contributed by atoms with van der Waals surface area (Å²) in [5.41, 5.74) is 5.09. The maximum absolute atomic E-state index is 10.3. The molecule has 0 aliphatic rings. The van der Waals surface area contributed by atoms with Crippen molar-refractivity contribution < 1.29 is 14.3 Å². The fourth-order valence-corrected chi connectivity index (χ4v) is 0.234. The van der Waals surface area contributed by atoms with E-state index in [0.717, 1.165) is 6.08 Å². The van der Waals surface area contributed by atoms with Gasteiger partial charge in [-0.25, -0.2) is 4.79 Å². The first-order chi connectivity index (χ1) is 4.20. The molecule has 0 saturated heterocycles. The van der Waals surface area contributed by atoms with E-state index in [4.69, 9.17) is 5.73 Å². The van der Waals surface area contributed by atoms with E-state index in [1.165, 1.54) is 14.2 Å². The fourth-order valence-electron chi connectivity index (χ4n) is 0.234. The minimum atomic E-state index is -0.519. The van der Waals surface area contributed by atoms with Crippen molar-refractivity contribution in [2.24, 2.45) is 5.73 Å². The molecule has 0 aliphatic heterocycles. The summed E-state index contributed by atoms with van der Waals surface area (Å²) in [6.45, 7) is 0. The molecule has 0 amide bonds. The van der Waals surface area contributed by atoms with Crippen LogP contribution in [0.1, 0.15) is 0 Å². The first-order valence-corrected chi connectivity index (χ1v) is 2.29. The average molecular weight is 131 g/mol. The molecule has 4 nitrogen and oxygen atoms in total. The third-order valence-electron chi connectivity index (χ3n) is 0.697. The molecule has 0 atom stereocenters. The van der Waals surface area contributed by atoms with Gasteiger partial charge in [0.15, 0.2) is 5.88 Å². The highest BCUT2D eigenvalue weighted by molar-refractivity contribution is 5.82. The third-order valence-corrected chi connectivity index (χ3v) is 0.697. The summed E-state index contributed by atoms with van der Waals surface area (Å²) in [5, 5.41) is 0. The summed E-state index contributed by atoms with van der Waals surface area (Å²) in [6.07, 6.45) is 1.06. The molecule has 0 aromatic rings. The Morgan fingerprint density at radius 2 is 2.00 bits per heavy atom. The van der Waals surface area contributed by atoms with Gasteiger partial charge in [0.25, 0.3) is 0 Å². The van der Waals surface area contributed by atoms with E-state index in [1.807, 2.05) is 0 Å². The van der Waals surface area contributed by atoms with E-state index < -0.39 is 5.97 Å². The van der Waals surface area contributed by atoms with E-state index in [-0.39, 0.29) is 5.88 Å². The molecule has 0 spiro atoms. The predicted octanol–water partition coefficient (Wildman–Crippen LogP) is -0.394. The van der Waals surface area contributed by atoms with Crippen molar-refractivity contribution in [3.63, 3.8) is 0 Å². The van der Waals surface area contributed by atoms with Gasteiger partial charge >= 0.3 is 5.97 Å². The number of rotatable bonds is 2. The zero-order valence-electron chi connectivity index (χ0n) is 5.38. The second-order valence-corrected chi connectivity index (χ2v) is 1.27. The van der Waals surface area contributed by atoms with Crippen LogP contribution in [0, 0.1) is 0 Å². The molecule has 9 heavy (non-hydrogen) atoms. The molecule has 52 valence electrons. The molecule has 0 aromatic carbocycles. The van der Waals surface area contributed by atoms with Crippen LogP contribution in [0.3, 0.4) is 0 Å². The van der Waals surface area contributed by atoms with Gasteiger partial charge in [0.2, 0.25) is 0 Å². The van der Waals surface area contributed by atoms with Gasteiger partial charge in [0, 0.05) is 0 Å². The van der Waals surface area contributed by atoms with Crippen LogP contribution in [0.5, 0.6) is 0 Å². The number of nitrogens with two attached hydrogens (primary N) is 1. The normalized spacial score (nSPS) is 10.7. The van der Waals surface area contributed by atoms with Crippen LogP contribution in [0.15, 0.2) is 12.0 Å². The molecule has 0 aromatic heterocycles. The standard InChI is InChI=1S/C5H9NO3/c1-8-4(6)3-5(7)9-2/h3H,6H2,1-2H3/b4-3+. The smallest absolute Gasteiger partial charge is 0.335 e. The molecule has 0 radical (unpaired) electrons. The highest BCUT2D eigenvalue weighted by Gasteiger charge is 1.94. The first-order valence-electron chi connectivity index (χ1n) is 2.29. The molecular formula is C5H9NO3. The Bertz CT molecular complexity index is 130. The van der Waals surface area contributed by atoms with Gasteiger partial charge in [-0.2, -0.15) is 0 Å². The molecule has 0 bridgehead atoms. The number of esters is 1. The number of hydrogen-bond acceptors (Lipinski definition) is 4. The molecular weight excluding hydrogens is 122 g/mol. The zero-order chi connectivity index (χ0) is 7.28. The second-order valence-electron chi connectivity index (χ2n) is 1.27. The van der Waals surface area contributed by atoms with Gasteiger partial charge < -0.3 is 15.2 Å². The fraction of sp³-hybridized carbons (Fsp3) is 0.400. The van der Waals surface area contributed by atoms with Crippen molar-refractivity contribution in [2.45, 2.75) is 0 Å². The predicted molar refractivity (Wildman–Crippen MR) is 31.3 cm³/mol. The van der Waals surface area contributed by atoms with E-state index in [9.17, 15) is 4.79 Å². The van der Waals surface area contributed by atoms with Crippen LogP contribution in [0.2, 0.25) is 0 Å². The largest absolute Gasteiger partial charge is 0.482 e. The molecule has 0 unspecified atom stereocenters. The van der Waals surface area contributed by atoms with Crippen molar-refractivity contribution in [2.75, 3.05) is 14.2 Å². The Morgan fingerprint density at radius 1 is 1.44 bits per heavy atom. The van der Waals surface area contributed by atoms with Crippen molar-refractivity contribution in [3.8, 4) is 0 Å². The Labute approximate surface area is 53.2 Å². The van der Waals surface area contributed by atoms with Gasteiger partial charge in [0.05, 0.1) is 20.3 Å². The molecule has 2 N–H and O–H groups in total. The maximum Gasteiger partial charge on any atom is 0.335 e. The number of carbonyl (C=O) groups is 1. The van der Waals surface area contributed by atoms with Gasteiger partial charge in [-0.1, -0.05) is 0 Å². The lowest BCUT2D eigenvalue weighted by Gasteiger charge is -1.95. The summed E-state index contributed by atoms with van der Waals surface area (Å²) >= 11 is 0. The van der Waals surface area contributed by atoms with Gasteiger partial charge in [-0.05, 0) is 0 Å². The number of hydrogen-bond donors (Lipinski definition) is 1. The summed E-state index contributed by atoms with van der Waals surface area (Å²) in [4.78, 5) is 10.3. The van der Waals surface area contributed by atoms with E-state index in [2.05, 4.69) is 9.47 Å². The summed E-state index contributed by atoms with van der Waals surface area (Å²) in [7, 11) is 2.64. The van der Waals surface area contributed by atoms with E-state index >= 15 is 0 Å². The van der Waals surface area contributed by atoms with Crippen LogP contribution >= 0.6 is 0 Å². The molecule has 0 saturated carbocycles. The average Bonchev–Trinajstić information content (AvgIpc) is 1.87. The summed E-state index contributed by atoms with van der Waals surface area (Å²) < 4.78 is 8.71. The monoisotopic (exact) mass is 131 g/mol. The van der Waals surface area contributed by atoms with Gasteiger partial charge in [0.1, 0.15) is 0 Å². The number of carbonyl (C=O) groups excluding carboxylic acids is 1. The zero-order valence-corrected chi connectivity index (χ0v) is 5.38. The van der Waals surface area contributed by atoms with Crippen LogP contribution in [-0.4, -0.2) is 20.2 Å². The molecule has 0 rings (SSSR count). The van der Waals surface area contributed by atoms with Crippen LogP contribution < -0.4 is 5.73 Å². The second kappa shape index (κ2) is 3.77. The minimum absolute atomic E-state index is 0.0434. The van der Waals surface area contributed by atoms with Crippen molar-refractivity contribution >= 4 is 5.97 Å². The van der Waals surface area contributed by atoms with Gasteiger partial charge in [-0.3, -0.25) is 0 Å². The number of ether oxygens (including phenoxy) is 2. The van der Waals surface area contributed by atoms with Gasteiger partial charge in [-0.15, -0.1) is 0 Å². The topological polar surface area (TPSA) is 61.5 Å². The van der Waals surface area contributed by atoms with Crippen molar-refractivity contribution in [1.29, 1.82) is 0 Å². The minimum Gasteiger partial charge on any atom is -0.482 e. The Morgan fingerprint density at radius 3 is 2.33 bits per heavy atom. The molecule has 4 heteroatoms. The van der Waals surface area contributed by atoms with Crippen LogP contribution in [-0.2, 0) is 14.3 Å². The van der Waals surface area contributed by atoms with Crippen molar-refractivity contribution in [1.82, 2.24) is 0 Å². The Hall–Kier alpha value is -1.19. The Kier molecular flexibility index (Phi) is 3.27. The molecule has 0 fully saturated rings. The first kappa shape index (κ1) is 7.81. The Balaban J connectivity index is 3.79. The highest BCUT2D eigenvalue weighted by atomic mass is 16.5. The SMILES string of the molecule is COC(=O)/C=C(\N)OC. The highest BCUT2D eigenvalue weighted by Crippen LogP contribution is 1.84. The molecule has 0 aliphatic carbocycles.